The lowest BCUT2D eigenvalue weighted by Gasteiger charge is -2.28. The molecule has 1 fully saturated rings. The molecule has 0 spiro atoms. The molecule has 1 aliphatic carbocycles. The third kappa shape index (κ3) is 2.01. The van der Waals surface area contributed by atoms with Crippen molar-refractivity contribution in [3.63, 3.8) is 0 Å². The molecule has 1 heterocycles. The summed E-state index contributed by atoms with van der Waals surface area (Å²) in [5.74, 6) is 0.914. The van der Waals surface area contributed by atoms with Crippen molar-refractivity contribution in [3.05, 3.63) is 21.9 Å². The van der Waals surface area contributed by atoms with Gasteiger partial charge in [0, 0.05) is 10.9 Å². The van der Waals surface area contributed by atoms with Gasteiger partial charge in [-0.25, -0.2) is 0 Å². The van der Waals surface area contributed by atoms with Crippen molar-refractivity contribution in [1.29, 1.82) is 0 Å². The highest BCUT2D eigenvalue weighted by molar-refractivity contribution is 7.10. The van der Waals surface area contributed by atoms with Crippen molar-refractivity contribution in [2.24, 2.45) is 11.7 Å². The van der Waals surface area contributed by atoms with E-state index in [4.69, 9.17) is 5.73 Å². The van der Waals surface area contributed by atoms with Gasteiger partial charge in [-0.15, -0.1) is 11.3 Å². The molecule has 1 nitrogen and oxygen atoms in total. The second-order valence-electron chi connectivity index (χ2n) is 4.30. The van der Waals surface area contributed by atoms with E-state index in [0.717, 1.165) is 12.3 Å². The molecule has 0 radical (unpaired) electrons. The summed E-state index contributed by atoms with van der Waals surface area (Å²) in [5.41, 5.74) is 7.70. The number of hydrogen-bond acceptors (Lipinski definition) is 2. The van der Waals surface area contributed by atoms with Crippen LogP contribution in [0.2, 0.25) is 0 Å². The Kier molecular flexibility index (Phi) is 3.24. The highest BCUT2D eigenvalue weighted by atomic mass is 32.1. The van der Waals surface area contributed by atoms with Crippen molar-refractivity contribution in [1.82, 2.24) is 0 Å². The Morgan fingerprint density at radius 2 is 2.36 bits per heavy atom. The Balaban J connectivity index is 1.98. The molecule has 2 N–H and O–H groups in total. The summed E-state index contributed by atoms with van der Waals surface area (Å²) < 4.78 is 0. The molecule has 2 heteroatoms. The summed E-state index contributed by atoms with van der Waals surface area (Å²) in [6.45, 7) is 2.21. The molecule has 1 aromatic heterocycles. The molecule has 1 aliphatic rings. The van der Waals surface area contributed by atoms with Crippen molar-refractivity contribution in [2.75, 3.05) is 0 Å². The van der Waals surface area contributed by atoms with Gasteiger partial charge in [0.2, 0.25) is 0 Å². The first-order chi connectivity index (χ1) is 6.81. The van der Waals surface area contributed by atoms with Crippen LogP contribution in [-0.4, -0.2) is 0 Å². The first-order valence-corrected chi connectivity index (χ1v) is 6.51. The summed E-state index contributed by atoms with van der Waals surface area (Å²) in [6.07, 6.45) is 6.55. The fourth-order valence-corrected chi connectivity index (χ4v) is 3.17. The molecule has 0 amide bonds. The SMILES string of the molecule is CCc1ccsc1C(N)CC1CCC1. The van der Waals surface area contributed by atoms with Crippen LogP contribution in [0.5, 0.6) is 0 Å². The molecular formula is C12H19NS. The quantitative estimate of drug-likeness (QED) is 0.807. The number of nitrogens with two attached hydrogens (primary N) is 1. The Hall–Kier alpha value is -0.340. The maximum absolute atomic E-state index is 6.24. The maximum Gasteiger partial charge on any atom is 0.0395 e. The Labute approximate surface area is 90.3 Å². The minimum atomic E-state index is 0.301. The fraction of sp³-hybridized carbons (Fsp3) is 0.667. The van der Waals surface area contributed by atoms with Crippen LogP contribution in [0.4, 0.5) is 0 Å². The van der Waals surface area contributed by atoms with Gasteiger partial charge in [-0.2, -0.15) is 0 Å². The normalized spacial score (nSPS) is 19.3. The zero-order valence-electron chi connectivity index (χ0n) is 8.83. The van der Waals surface area contributed by atoms with Gasteiger partial charge in [0.15, 0.2) is 0 Å². The topological polar surface area (TPSA) is 26.0 Å². The third-order valence-corrected chi connectivity index (χ3v) is 4.40. The van der Waals surface area contributed by atoms with Crippen LogP contribution >= 0.6 is 11.3 Å². The number of thiophene rings is 1. The van der Waals surface area contributed by atoms with Gasteiger partial charge in [-0.05, 0) is 35.8 Å². The molecular weight excluding hydrogens is 190 g/mol. The van der Waals surface area contributed by atoms with Crippen molar-refractivity contribution < 1.29 is 0 Å². The number of hydrogen-bond donors (Lipinski definition) is 1. The lowest BCUT2D eigenvalue weighted by atomic mass is 9.80. The Morgan fingerprint density at radius 1 is 1.57 bits per heavy atom. The summed E-state index contributed by atoms with van der Waals surface area (Å²) in [7, 11) is 0. The van der Waals surface area contributed by atoms with Gasteiger partial charge in [0.1, 0.15) is 0 Å². The van der Waals surface area contributed by atoms with Crippen LogP contribution in [0.3, 0.4) is 0 Å². The molecule has 1 unspecified atom stereocenters. The van der Waals surface area contributed by atoms with Gasteiger partial charge >= 0.3 is 0 Å². The smallest absolute Gasteiger partial charge is 0.0395 e. The second-order valence-corrected chi connectivity index (χ2v) is 5.25. The van der Waals surface area contributed by atoms with Gasteiger partial charge < -0.3 is 5.73 Å². The van der Waals surface area contributed by atoms with Crippen LogP contribution in [0.15, 0.2) is 11.4 Å². The molecule has 0 bridgehead atoms. The summed E-state index contributed by atoms with van der Waals surface area (Å²) in [5, 5.41) is 2.18. The molecule has 1 aromatic rings. The predicted octanol–water partition coefficient (Wildman–Crippen LogP) is 3.50. The Bertz CT molecular complexity index is 288. The molecule has 0 saturated heterocycles. The summed E-state index contributed by atoms with van der Waals surface area (Å²) in [4.78, 5) is 1.43. The van der Waals surface area contributed by atoms with Gasteiger partial charge in [-0.3, -0.25) is 0 Å². The van der Waals surface area contributed by atoms with Gasteiger partial charge in [0.25, 0.3) is 0 Å². The molecule has 1 saturated carbocycles. The van der Waals surface area contributed by atoms with Crippen molar-refractivity contribution in [2.45, 2.75) is 45.1 Å². The molecule has 14 heavy (non-hydrogen) atoms. The van der Waals surface area contributed by atoms with E-state index in [1.54, 1.807) is 0 Å². The zero-order valence-corrected chi connectivity index (χ0v) is 9.65. The van der Waals surface area contributed by atoms with Gasteiger partial charge in [0.05, 0.1) is 0 Å². The average molecular weight is 209 g/mol. The maximum atomic E-state index is 6.24. The lowest BCUT2D eigenvalue weighted by Crippen LogP contribution is -2.20. The first kappa shape index (κ1) is 10.2. The number of aryl methyl sites for hydroxylation is 1. The van der Waals surface area contributed by atoms with E-state index in [0.29, 0.717) is 6.04 Å². The predicted molar refractivity (Wildman–Crippen MR) is 62.6 cm³/mol. The molecule has 0 aromatic carbocycles. The van der Waals surface area contributed by atoms with E-state index in [1.807, 2.05) is 11.3 Å². The molecule has 0 aliphatic heterocycles. The van der Waals surface area contributed by atoms with E-state index in [2.05, 4.69) is 18.4 Å². The molecule has 78 valence electrons. The molecule has 2 rings (SSSR count). The zero-order chi connectivity index (χ0) is 9.97. The van der Waals surface area contributed by atoms with Crippen molar-refractivity contribution >= 4 is 11.3 Å². The standard InChI is InChI=1S/C12H19NS/c1-2-10-6-7-14-12(10)11(13)8-9-4-3-5-9/h6-7,9,11H,2-5,8,13H2,1H3. The van der Waals surface area contributed by atoms with E-state index in [1.165, 1.54) is 36.1 Å². The summed E-state index contributed by atoms with van der Waals surface area (Å²) >= 11 is 1.83. The van der Waals surface area contributed by atoms with Crippen LogP contribution in [-0.2, 0) is 6.42 Å². The average Bonchev–Trinajstić information content (AvgIpc) is 2.58. The van der Waals surface area contributed by atoms with Crippen LogP contribution in [0.25, 0.3) is 0 Å². The van der Waals surface area contributed by atoms with Crippen molar-refractivity contribution in [3.8, 4) is 0 Å². The highest BCUT2D eigenvalue weighted by Crippen LogP contribution is 2.36. The number of rotatable bonds is 4. The lowest BCUT2D eigenvalue weighted by molar-refractivity contribution is 0.278. The minimum absolute atomic E-state index is 0.301. The van der Waals surface area contributed by atoms with E-state index < -0.39 is 0 Å². The fourth-order valence-electron chi connectivity index (χ4n) is 2.16. The van der Waals surface area contributed by atoms with E-state index in [-0.39, 0.29) is 0 Å². The summed E-state index contributed by atoms with van der Waals surface area (Å²) in [6, 6.07) is 2.52. The monoisotopic (exact) mass is 209 g/mol. The van der Waals surface area contributed by atoms with Crippen LogP contribution in [0.1, 0.15) is 49.1 Å². The molecule has 1 atom stereocenters. The third-order valence-electron chi connectivity index (χ3n) is 3.31. The van der Waals surface area contributed by atoms with E-state index in [9.17, 15) is 0 Å². The van der Waals surface area contributed by atoms with Gasteiger partial charge in [-0.1, -0.05) is 26.2 Å². The highest BCUT2D eigenvalue weighted by Gasteiger charge is 2.22. The largest absolute Gasteiger partial charge is 0.323 e. The van der Waals surface area contributed by atoms with Crippen LogP contribution in [0, 0.1) is 5.92 Å². The van der Waals surface area contributed by atoms with E-state index >= 15 is 0 Å². The first-order valence-electron chi connectivity index (χ1n) is 5.63. The van der Waals surface area contributed by atoms with Crippen LogP contribution < -0.4 is 5.73 Å². The minimum Gasteiger partial charge on any atom is -0.323 e. The second kappa shape index (κ2) is 4.45. The Morgan fingerprint density at radius 3 is 2.93 bits per heavy atom.